The van der Waals surface area contributed by atoms with Crippen LogP contribution in [0.1, 0.15) is 20.7 Å². The number of pyridine rings is 1. The number of amides is 1. The van der Waals surface area contributed by atoms with Gasteiger partial charge in [-0.25, -0.2) is 13.4 Å². The zero-order chi connectivity index (χ0) is 18.6. The first kappa shape index (κ1) is 22.1. The first-order chi connectivity index (χ1) is 11.7. The van der Waals surface area contributed by atoms with E-state index in [-0.39, 0.29) is 52.5 Å². The average molecular weight is 386 g/mol. The second-order valence-corrected chi connectivity index (χ2v) is 6.36. The fourth-order valence-corrected chi connectivity index (χ4v) is 2.57. The van der Waals surface area contributed by atoms with Gasteiger partial charge in [-0.2, -0.15) is 4.41 Å². The zero-order valence-corrected chi connectivity index (χ0v) is 17.2. The number of aromatic nitrogens is 1. The van der Waals surface area contributed by atoms with Crippen molar-refractivity contribution in [3.05, 3.63) is 53.7 Å². The number of nitrogens with one attached hydrogen (secondary N) is 1. The van der Waals surface area contributed by atoms with Gasteiger partial charge in [0.05, 0.1) is 11.3 Å². The van der Waals surface area contributed by atoms with Crippen LogP contribution in [-0.2, 0) is 10.3 Å². The quantitative estimate of drug-likeness (QED) is 0.261. The predicted octanol–water partition coefficient (Wildman–Crippen LogP) is -2.11. The Hall–Kier alpha value is -1.98. The molecule has 1 aromatic heterocycles. The number of hydrazine groups is 1. The molecule has 0 saturated carbocycles. The van der Waals surface area contributed by atoms with Gasteiger partial charge >= 0.3 is 29.6 Å². The van der Waals surface area contributed by atoms with E-state index in [2.05, 4.69) is 10.4 Å². The van der Waals surface area contributed by atoms with Crippen molar-refractivity contribution >= 4 is 34.0 Å². The van der Waals surface area contributed by atoms with E-state index in [1.807, 2.05) is 0 Å². The number of hydrogen-bond donors (Lipinski definition) is 1. The van der Waals surface area contributed by atoms with E-state index in [1.54, 1.807) is 14.1 Å². The van der Waals surface area contributed by atoms with E-state index in [9.17, 15) is 22.6 Å². The minimum Gasteiger partial charge on any atom is -0.730 e. The molecule has 11 heteroatoms. The largest absolute Gasteiger partial charge is 1.00 e. The maximum atomic E-state index is 11.8. The van der Waals surface area contributed by atoms with Crippen LogP contribution >= 0.6 is 0 Å². The molecule has 132 valence electrons. The third-order valence-electron chi connectivity index (χ3n) is 3.14. The summed E-state index contributed by atoms with van der Waals surface area (Å²) in [6, 6.07) is 8.46. The van der Waals surface area contributed by atoms with E-state index in [1.165, 1.54) is 47.5 Å². The first-order valence-corrected chi connectivity index (χ1v) is 8.35. The number of para-hydroxylation sites is 1. The molecular weight excluding hydrogens is 371 g/mol. The summed E-state index contributed by atoms with van der Waals surface area (Å²) in [7, 11) is -1.83. The fourth-order valence-electron chi connectivity index (χ4n) is 1.96. The van der Waals surface area contributed by atoms with Crippen LogP contribution in [0.3, 0.4) is 0 Å². The molecular formula is C15H15N4NaO5S. The number of hydrogen-bond acceptors (Lipinski definition) is 7. The molecule has 0 bridgehead atoms. The zero-order valence-electron chi connectivity index (χ0n) is 14.4. The molecule has 0 aliphatic heterocycles. The summed E-state index contributed by atoms with van der Waals surface area (Å²) >= 11 is 0. The van der Waals surface area contributed by atoms with Crippen molar-refractivity contribution in [1.82, 2.24) is 9.88 Å². The Morgan fingerprint density at radius 2 is 1.85 bits per heavy atom. The first-order valence-electron chi connectivity index (χ1n) is 6.98. The summed E-state index contributed by atoms with van der Waals surface area (Å²) in [6.07, 6.45) is 1.67. The van der Waals surface area contributed by atoms with Crippen LogP contribution < -0.4 is 39.4 Å². The van der Waals surface area contributed by atoms with Gasteiger partial charge in [-0.15, -0.1) is 0 Å². The molecule has 0 aliphatic rings. The van der Waals surface area contributed by atoms with Gasteiger partial charge in [0.25, 0.3) is 5.91 Å². The van der Waals surface area contributed by atoms with Crippen molar-refractivity contribution in [2.75, 3.05) is 23.9 Å². The van der Waals surface area contributed by atoms with Gasteiger partial charge < -0.3 is 9.45 Å². The topological polar surface area (TPSA) is 123 Å². The molecule has 26 heavy (non-hydrogen) atoms. The number of anilines is 2. The Labute approximate surface area is 173 Å². The van der Waals surface area contributed by atoms with Gasteiger partial charge in [0.15, 0.2) is 6.29 Å². The third kappa shape index (κ3) is 5.26. The molecule has 0 spiro atoms. The predicted molar refractivity (Wildman–Crippen MR) is 89.9 cm³/mol. The number of aldehydes is 1. The van der Waals surface area contributed by atoms with Crippen LogP contribution in [0.25, 0.3) is 0 Å². The van der Waals surface area contributed by atoms with Crippen molar-refractivity contribution in [2.24, 2.45) is 0 Å². The second kappa shape index (κ2) is 9.10. The molecule has 0 unspecified atom stereocenters. The number of rotatable bonds is 6. The molecule has 0 aliphatic carbocycles. The van der Waals surface area contributed by atoms with Crippen LogP contribution in [0.15, 0.2) is 42.6 Å². The molecule has 2 aromatic rings. The van der Waals surface area contributed by atoms with E-state index in [4.69, 9.17) is 0 Å². The number of carbonyl (C=O) groups is 2. The van der Waals surface area contributed by atoms with E-state index < -0.39 is 10.3 Å². The normalized spacial score (nSPS) is 10.4. The fraction of sp³-hybridized carbons (Fsp3) is 0.133. The second-order valence-electron chi connectivity index (χ2n) is 5.14. The van der Waals surface area contributed by atoms with Gasteiger partial charge in [-0.1, -0.05) is 12.1 Å². The van der Waals surface area contributed by atoms with Crippen molar-refractivity contribution in [2.45, 2.75) is 0 Å². The summed E-state index contributed by atoms with van der Waals surface area (Å²) in [5, 5.41) is 0. The number of carbonyl (C=O) groups excluding carboxylic acids is 2. The molecule has 1 amide bonds. The summed E-state index contributed by atoms with van der Waals surface area (Å²) in [5.74, 6) is -0.269. The smallest absolute Gasteiger partial charge is 0.730 e. The van der Waals surface area contributed by atoms with Crippen LogP contribution in [-0.4, -0.2) is 49.1 Å². The van der Waals surface area contributed by atoms with Gasteiger partial charge in [-0.05, 0) is 24.3 Å². The van der Waals surface area contributed by atoms with E-state index in [0.717, 1.165) is 0 Å². The molecule has 0 saturated heterocycles. The molecule has 1 aromatic carbocycles. The van der Waals surface area contributed by atoms with Crippen molar-refractivity contribution in [3.63, 3.8) is 0 Å². The number of benzene rings is 1. The maximum Gasteiger partial charge on any atom is 1.00 e. The Balaban J connectivity index is 0.00000338. The van der Waals surface area contributed by atoms with E-state index >= 15 is 0 Å². The van der Waals surface area contributed by atoms with Gasteiger partial charge in [0.2, 0.25) is 10.3 Å². The van der Waals surface area contributed by atoms with Crippen molar-refractivity contribution in [1.29, 1.82) is 0 Å². The minimum atomic E-state index is -4.99. The summed E-state index contributed by atoms with van der Waals surface area (Å²) < 4.78 is 35.0. The Morgan fingerprint density at radius 3 is 2.35 bits per heavy atom. The monoisotopic (exact) mass is 386 g/mol. The molecule has 0 radical (unpaired) electrons. The average Bonchev–Trinajstić information content (AvgIpc) is 2.58. The molecule has 1 N–H and O–H groups in total. The van der Waals surface area contributed by atoms with Crippen molar-refractivity contribution in [3.8, 4) is 0 Å². The van der Waals surface area contributed by atoms with Gasteiger partial charge in [0, 0.05) is 25.9 Å². The van der Waals surface area contributed by atoms with Crippen LogP contribution in [0, 0.1) is 0 Å². The molecule has 0 fully saturated rings. The standard InChI is InChI=1S/C15H16N4O5S.Na/c1-18(2)15(21)11-7-8-14(16-9-11)17-19(25(22,23)24)13-6-4-3-5-12(13)10-20;/h3-10H,1-2H3,(H,16,17)(H,22,23,24);/q;+1/p-1. The molecule has 9 nitrogen and oxygen atoms in total. The molecule has 1 heterocycles. The molecule has 0 atom stereocenters. The summed E-state index contributed by atoms with van der Waals surface area (Å²) in [6.45, 7) is 0. The number of nitrogens with zero attached hydrogens (tertiary/aromatic N) is 3. The van der Waals surface area contributed by atoms with Gasteiger partial charge in [0.1, 0.15) is 5.82 Å². The maximum absolute atomic E-state index is 11.8. The Morgan fingerprint density at radius 1 is 1.19 bits per heavy atom. The van der Waals surface area contributed by atoms with Gasteiger partial charge in [-0.3, -0.25) is 15.0 Å². The Bertz CT molecular complexity index is 887. The van der Waals surface area contributed by atoms with Crippen LogP contribution in [0.5, 0.6) is 0 Å². The Kier molecular flexibility index (Phi) is 7.72. The van der Waals surface area contributed by atoms with Crippen LogP contribution in [0.2, 0.25) is 0 Å². The SMILES string of the molecule is CN(C)C(=O)c1ccc(NN(c2ccccc2C=O)S(=O)(=O)[O-])nc1.[Na+]. The third-order valence-corrected chi connectivity index (χ3v) is 3.87. The summed E-state index contributed by atoms with van der Waals surface area (Å²) in [5.41, 5.74) is 2.51. The van der Waals surface area contributed by atoms with Crippen molar-refractivity contribution < 1.29 is 52.1 Å². The van der Waals surface area contributed by atoms with Crippen LogP contribution in [0.4, 0.5) is 11.5 Å². The summed E-state index contributed by atoms with van der Waals surface area (Å²) in [4.78, 5) is 28.2. The van der Waals surface area contributed by atoms with E-state index in [0.29, 0.717) is 16.3 Å². The minimum absolute atomic E-state index is 0. The molecule has 2 rings (SSSR count).